The highest BCUT2D eigenvalue weighted by atomic mass is 16.5. The Balaban J connectivity index is 1.11. The molecule has 12 heteroatoms. The third kappa shape index (κ3) is 6.63. The monoisotopic (exact) mass is 603 g/mol. The number of nitrogens with one attached hydrogen (secondary N) is 1. The van der Waals surface area contributed by atoms with Gasteiger partial charge in [0.05, 0.1) is 30.8 Å². The molecule has 4 heterocycles. The van der Waals surface area contributed by atoms with Crippen molar-refractivity contribution in [2.45, 2.75) is 63.1 Å². The third-order valence-electron chi connectivity index (χ3n) is 8.68. The van der Waals surface area contributed by atoms with Gasteiger partial charge in [-0.1, -0.05) is 24.3 Å². The minimum absolute atomic E-state index is 0.102. The van der Waals surface area contributed by atoms with Crippen molar-refractivity contribution in [1.29, 1.82) is 0 Å². The van der Waals surface area contributed by atoms with E-state index in [1.54, 1.807) is 23.2 Å². The molecule has 232 valence electrons. The Hall–Kier alpha value is -4.61. The minimum Gasteiger partial charge on any atom is -0.482 e. The number of pyridine rings is 1. The molecule has 4 aliphatic rings. The summed E-state index contributed by atoms with van der Waals surface area (Å²) in [6.45, 7) is 3.24. The van der Waals surface area contributed by atoms with E-state index in [0.29, 0.717) is 24.8 Å². The SMILES string of the molecule is C[C@@H]([C@H](Oc1ccc(C(=O)N[C@H]2CCCN(C(=O)[C@H]3COC(=O)C3)C2)nc1)c1ccc(C2CC2)cc1)N1C=C(C(N)=O)OC1. The Morgan fingerprint density at radius 1 is 1.09 bits per heavy atom. The largest absolute Gasteiger partial charge is 0.482 e. The lowest BCUT2D eigenvalue weighted by Crippen LogP contribution is -2.51. The predicted octanol–water partition coefficient (Wildman–Crippen LogP) is 2.37. The molecule has 6 rings (SSSR count). The number of benzene rings is 1. The molecule has 1 aromatic carbocycles. The molecular weight excluding hydrogens is 566 g/mol. The maximum atomic E-state index is 13.1. The molecule has 3 fully saturated rings. The van der Waals surface area contributed by atoms with Crippen LogP contribution in [0.1, 0.15) is 72.7 Å². The Morgan fingerprint density at radius 2 is 1.89 bits per heavy atom. The highest BCUT2D eigenvalue weighted by molar-refractivity contribution is 5.92. The second-order valence-corrected chi connectivity index (χ2v) is 11.9. The fourth-order valence-electron chi connectivity index (χ4n) is 5.95. The average molecular weight is 604 g/mol. The third-order valence-corrected chi connectivity index (χ3v) is 8.68. The van der Waals surface area contributed by atoms with Gasteiger partial charge in [0.25, 0.3) is 11.8 Å². The van der Waals surface area contributed by atoms with Crippen molar-refractivity contribution >= 4 is 23.7 Å². The van der Waals surface area contributed by atoms with Crippen LogP contribution in [0.2, 0.25) is 0 Å². The van der Waals surface area contributed by atoms with Gasteiger partial charge < -0.3 is 35.1 Å². The van der Waals surface area contributed by atoms with Crippen LogP contribution in [0.3, 0.4) is 0 Å². The maximum Gasteiger partial charge on any atom is 0.306 e. The van der Waals surface area contributed by atoms with Crippen LogP contribution in [-0.2, 0) is 23.9 Å². The van der Waals surface area contributed by atoms with Crippen LogP contribution in [0.5, 0.6) is 5.75 Å². The number of cyclic esters (lactones) is 1. The summed E-state index contributed by atoms with van der Waals surface area (Å²) in [5, 5.41) is 2.99. The molecule has 0 unspecified atom stereocenters. The number of likely N-dealkylation sites (tertiary alicyclic amines) is 1. The van der Waals surface area contributed by atoms with Gasteiger partial charge in [0.1, 0.15) is 24.2 Å². The van der Waals surface area contributed by atoms with Crippen LogP contribution in [-0.4, -0.2) is 77.0 Å². The first-order valence-corrected chi connectivity index (χ1v) is 15.1. The molecule has 0 spiro atoms. The summed E-state index contributed by atoms with van der Waals surface area (Å²) in [6.07, 6.45) is 6.70. The number of carbonyl (C=O) groups excluding carboxylic acids is 4. The van der Waals surface area contributed by atoms with E-state index in [1.165, 1.54) is 24.6 Å². The van der Waals surface area contributed by atoms with E-state index >= 15 is 0 Å². The summed E-state index contributed by atoms with van der Waals surface area (Å²) in [4.78, 5) is 56.9. The summed E-state index contributed by atoms with van der Waals surface area (Å²) in [5.41, 5.74) is 7.90. The second-order valence-electron chi connectivity index (χ2n) is 11.9. The van der Waals surface area contributed by atoms with E-state index < -0.39 is 17.9 Å². The Bertz CT molecular complexity index is 1440. The molecule has 2 saturated heterocycles. The molecule has 1 aromatic heterocycles. The number of aromatic nitrogens is 1. The number of nitrogens with zero attached hydrogens (tertiary/aromatic N) is 3. The first-order chi connectivity index (χ1) is 21.2. The van der Waals surface area contributed by atoms with Crippen molar-refractivity contribution in [3.8, 4) is 5.75 Å². The molecule has 0 bridgehead atoms. The Labute approximate surface area is 255 Å². The van der Waals surface area contributed by atoms with Gasteiger partial charge >= 0.3 is 5.97 Å². The van der Waals surface area contributed by atoms with Crippen LogP contribution in [0.4, 0.5) is 0 Å². The number of esters is 1. The maximum absolute atomic E-state index is 13.1. The number of amides is 3. The van der Waals surface area contributed by atoms with Crippen LogP contribution >= 0.6 is 0 Å². The molecule has 3 N–H and O–H groups in total. The highest BCUT2D eigenvalue weighted by Gasteiger charge is 2.36. The van der Waals surface area contributed by atoms with E-state index in [-0.39, 0.29) is 61.1 Å². The lowest BCUT2D eigenvalue weighted by atomic mass is 9.99. The minimum atomic E-state index is -0.628. The van der Waals surface area contributed by atoms with Crippen LogP contribution in [0.25, 0.3) is 0 Å². The lowest BCUT2D eigenvalue weighted by molar-refractivity contribution is -0.138. The van der Waals surface area contributed by atoms with Crippen LogP contribution in [0, 0.1) is 5.92 Å². The molecule has 1 aliphatic carbocycles. The van der Waals surface area contributed by atoms with Crippen molar-refractivity contribution in [2.75, 3.05) is 26.4 Å². The quantitative estimate of drug-likeness (QED) is 0.390. The zero-order chi connectivity index (χ0) is 30.8. The van der Waals surface area contributed by atoms with Crippen molar-refractivity contribution in [3.63, 3.8) is 0 Å². The summed E-state index contributed by atoms with van der Waals surface area (Å²) in [6, 6.07) is 11.3. The summed E-state index contributed by atoms with van der Waals surface area (Å²) >= 11 is 0. The first-order valence-electron chi connectivity index (χ1n) is 15.1. The van der Waals surface area contributed by atoms with E-state index in [9.17, 15) is 19.2 Å². The fourth-order valence-corrected chi connectivity index (χ4v) is 5.95. The normalized spacial score (nSPS) is 22.8. The standard InChI is InChI=1S/C32H37N5O7/c1-19(37-16-27(30(33)39)43-18-37)29(22-8-6-21(7-9-22)20-4-5-20)44-25-10-11-26(34-14-25)31(40)35-24-3-2-12-36(15-24)32(41)23-13-28(38)42-17-23/h6-11,14,16,19-20,23-24,29H,2-5,12-13,15,17-18H2,1H3,(H2,33,39)(H,35,40)/t19-,23+,24-,29-/m0/s1. The number of carbonyl (C=O) groups is 4. The topological polar surface area (TPSA) is 153 Å². The lowest BCUT2D eigenvalue weighted by Gasteiger charge is -2.34. The zero-order valence-corrected chi connectivity index (χ0v) is 24.6. The number of nitrogens with two attached hydrogens (primary N) is 1. The molecule has 44 heavy (non-hydrogen) atoms. The molecule has 4 atom stereocenters. The smallest absolute Gasteiger partial charge is 0.306 e. The van der Waals surface area contributed by atoms with Gasteiger partial charge in [0.2, 0.25) is 11.7 Å². The van der Waals surface area contributed by atoms with Crippen molar-refractivity contribution in [3.05, 3.63) is 71.4 Å². The van der Waals surface area contributed by atoms with Crippen LogP contribution in [0.15, 0.2) is 54.6 Å². The fraction of sp³-hybridized carbons (Fsp3) is 0.469. The zero-order valence-electron chi connectivity index (χ0n) is 24.6. The van der Waals surface area contributed by atoms with E-state index in [1.807, 2.05) is 11.8 Å². The first kappa shape index (κ1) is 29.5. The van der Waals surface area contributed by atoms with Crippen LogP contribution < -0.4 is 15.8 Å². The van der Waals surface area contributed by atoms with Gasteiger partial charge in [0.15, 0.2) is 6.73 Å². The van der Waals surface area contributed by atoms with Crippen molar-refractivity contribution in [1.82, 2.24) is 20.1 Å². The van der Waals surface area contributed by atoms with Gasteiger partial charge in [-0.05, 0) is 61.8 Å². The molecule has 12 nitrogen and oxygen atoms in total. The van der Waals surface area contributed by atoms with E-state index in [4.69, 9.17) is 19.9 Å². The molecular formula is C32H37N5O7. The Kier molecular flexibility index (Phi) is 8.40. The highest BCUT2D eigenvalue weighted by Crippen LogP contribution is 2.40. The number of rotatable bonds is 10. The summed E-state index contributed by atoms with van der Waals surface area (Å²) in [7, 11) is 0. The molecule has 0 radical (unpaired) electrons. The van der Waals surface area contributed by atoms with Crippen molar-refractivity contribution < 1.29 is 33.4 Å². The van der Waals surface area contributed by atoms with Gasteiger partial charge in [-0.15, -0.1) is 0 Å². The Morgan fingerprint density at radius 3 is 2.52 bits per heavy atom. The van der Waals surface area contributed by atoms with Gasteiger partial charge in [-0.2, -0.15) is 0 Å². The van der Waals surface area contributed by atoms with Gasteiger partial charge in [0, 0.05) is 19.1 Å². The molecule has 1 saturated carbocycles. The summed E-state index contributed by atoms with van der Waals surface area (Å²) in [5.74, 6) is -0.672. The number of hydrogen-bond acceptors (Lipinski definition) is 9. The number of ether oxygens (including phenoxy) is 3. The molecule has 2 aromatic rings. The average Bonchev–Trinajstić information content (AvgIpc) is 3.59. The molecule has 3 amide bonds. The molecule has 3 aliphatic heterocycles. The van der Waals surface area contributed by atoms with E-state index in [2.05, 4.69) is 34.6 Å². The summed E-state index contributed by atoms with van der Waals surface area (Å²) < 4.78 is 16.9. The number of piperidine rings is 1. The van der Waals surface area contributed by atoms with E-state index in [0.717, 1.165) is 18.4 Å². The predicted molar refractivity (Wildman–Crippen MR) is 157 cm³/mol. The van der Waals surface area contributed by atoms with Gasteiger partial charge in [-0.3, -0.25) is 19.2 Å². The van der Waals surface area contributed by atoms with Crippen molar-refractivity contribution in [2.24, 2.45) is 11.7 Å². The second kappa shape index (κ2) is 12.6. The van der Waals surface area contributed by atoms with Gasteiger partial charge in [-0.25, -0.2) is 4.98 Å². The number of primary amides is 1. The number of hydrogen-bond donors (Lipinski definition) is 2.